The molecule has 0 amide bonds. The fourth-order valence-electron chi connectivity index (χ4n) is 0.805. The van der Waals surface area contributed by atoms with Crippen molar-refractivity contribution in [1.82, 2.24) is 9.97 Å². The van der Waals surface area contributed by atoms with Crippen LogP contribution in [0.5, 0.6) is 5.88 Å². The smallest absolute Gasteiger partial charge is 0.239 e. The number of aromatic nitrogens is 2. The Balaban J connectivity index is 3.00. The van der Waals surface area contributed by atoms with Crippen LogP contribution in [0.25, 0.3) is 0 Å². The SMILES string of the molecule is CCNc1c(C)n[c]nc1O. The van der Waals surface area contributed by atoms with E-state index >= 15 is 0 Å². The predicted molar refractivity (Wildman–Crippen MR) is 41.4 cm³/mol. The number of aromatic hydroxyl groups is 1. The fourth-order valence-corrected chi connectivity index (χ4v) is 0.805. The normalized spacial score (nSPS) is 9.64. The van der Waals surface area contributed by atoms with Crippen molar-refractivity contribution < 1.29 is 5.11 Å². The van der Waals surface area contributed by atoms with E-state index in [1.165, 1.54) is 0 Å². The van der Waals surface area contributed by atoms with Crippen molar-refractivity contribution in [2.75, 3.05) is 11.9 Å². The summed E-state index contributed by atoms with van der Waals surface area (Å²) in [4.78, 5) is 7.32. The van der Waals surface area contributed by atoms with E-state index in [2.05, 4.69) is 21.6 Å². The molecular weight excluding hydrogens is 142 g/mol. The number of hydrogen-bond acceptors (Lipinski definition) is 4. The minimum Gasteiger partial charge on any atom is -0.492 e. The van der Waals surface area contributed by atoms with Gasteiger partial charge in [0.25, 0.3) is 0 Å². The number of nitrogens with zero attached hydrogens (tertiary/aromatic N) is 2. The van der Waals surface area contributed by atoms with Gasteiger partial charge in [-0.1, -0.05) is 0 Å². The number of nitrogens with one attached hydrogen (secondary N) is 1. The maximum Gasteiger partial charge on any atom is 0.239 e. The first-order valence-electron chi connectivity index (χ1n) is 3.43. The van der Waals surface area contributed by atoms with Crippen LogP contribution >= 0.6 is 0 Å². The largest absolute Gasteiger partial charge is 0.492 e. The maximum atomic E-state index is 9.18. The van der Waals surface area contributed by atoms with Crippen LogP contribution in [0.1, 0.15) is 12.6 Å². The van der Waals surface area contributed by atoms with E-state index < -0.39 is 0 Å². The van der Waals surface area contributed by atoms with Gasteiger partial charge in [-0.15, -0.1) is 0 Å². The molecule has 4 nitrogen and oxygen atoms in total. The molecule has 0 aromatic carbocycles. The maximum absolute atomic E-state index is 9.18. The van der Waals surface area contributed by atoms with Gasteiger partial charge in [-0.05, 0) is 13.8 Å². The highest BCUT2D eigenvalue weighted by molar-refractivity contribution is 5.54. The summed E-state index contributed by atoms with van der Waals surface area (Å²) in [5.41, 5.74) is 1.30. The summed E-state index contributed by atoms with van der Waals surface area (Å²) in [6.45, 7) is 4.47. The first kappa shape index (κ1) is 7.78. The predicted octanol–water partition coefficient (Wildman–Crippen LogP) is 0.723. The Morgan fingerprint density at radius 3 is 2.82 bits per heavy atom. The topological polar surface area (TPSA) is 58.0 Å². The minimum absolute atomic E-state index is 0.0423. The van der Waals surface area contributed by atoms with Crippen LogP contribution in [0.3, 0.4) is 0 Å². The van der Waals surface area contributed by atoms with Crippen molar-refractivity contribution in [1.29, 1.82) is 0 Å². The third-order valence-electron chi connectivity index (χ3n) is 1.31. The lowest BCUT2D eigenvalue weighted by Gasteiger charge is -2.05. The monoisotopic (exact) mass is 152 g/mol. The number of hydrogen-bond donors (Lipinski definition) is 2. The molecule has 0 aliphatic rings. The first-order valence-corrected chi connectivity index (χ1v) is 3.43. The molecule has 1 aromatic heterocycles. The quantitative estimate of drug-likeness (QED) is 0.655. The Kier molecular flexibility index (Phi) is 2.25. The summed E-state index contributed by atoms with van der Waals surface area (Å²) in [6, 6.07) is 0. The van der Waals surface area contributed by atoms with Gasteiger partial charge in [0, 0.05) is 6.54 Å². The van der Waals surface area contributed by atoms with Crippen LogP contribution in [-0.4, -0.2) is 21.6 Å². The van der Waals surface area contributed by atoms with Gasteiger partial charge in [-0.3, -0.25) is 0 Å². The molecular formula is C7H10N3O. The van der Waals surface area contributed by atoms with E-state index in [1.807, 2.05) is 6.92 Å². The molecule has 0 aliphatic carbocycles. The standard InChI is InChI=1S/C7H10N3O/c1-3-8-6-5(2)9-4-10-7(6)11/h8H,3H2,1-2H3,(H,9,10,11). The Bertz CT molecular complexity index is 229. The lowest BCUT2D eigenvalue weighted by molar-refractivity contribution is 0.453. The van der Waals surface area contributed by atoms with Crippen LogP contribution in [0.2, 0.25) is 0 Å². The van der Waals surface area contributed by atoms with Crippen molar-refractivity contribution >= 4 is 5.69 Å². The molecule has 0 spiro atoms. The fraction of sp³-hybridized carbons (Fsp3) is 0.429. The first-order chi connectivity index (χ1) is 5.25. The highest BCUT2D eigenvalue weighted by atomic mass is 16.3. The van der Waals surface area contributed by atoms with E-state index in [9.17, 15) is 5.11 Å². The van der Waals surface area contributed by atoms with Gasteiger partial charge in [0.05, 0.1) is 5.69 Å². The Morgan fingerprint density at radius 1 is 1.55 bits per heavy atom. The van der Waals surface area contributed by atoms with E-state index in [1.54, 1.807) is 6.92 Å². The molecule has 1 radical (unpaired) electrons. The molecule has 0 aliphatic heterocycles. The van der Waals surface area contributed by atoms with Crippen LogP contribution in [0.4, 0.5) is 5.69 Å². The summed E-state index contributed by atoms with van der Waals surface area (Å²) in [6.07, 6.45) is 2.34. The third kappa shape index (κ3) is 1.58. The second kappa shape index (κ2) is 3.18. The molecule has 0 saturated carbocycles. The van der Waals surface area contributed by atoms with Crippen LogP contribution in [0.15, 0.2) is 0 Å². The minimum atomic E-state index is -0.0423. The molecule has 4 heteroatoms. The molecule has 11 heavy (non-hydrogen) atoms. The highest BCUT2D eigenvalue weighted by Crippen LogP contribution is 2.20. The molecule has 0 unspecified atom stereocenters. The average Bonchev–Trinajstić information content (AvgIpc) is 1.97. The van der Waals surface area contributed by atoms with Gasteiger partial charge in [0.2, 0.25) is 12.2 Å². The molecule has 0 saturated heterocycles. The van der Waals surface area contributed by atoms with Gasteiger partial charge >= 0.3 is 0 Å². The molecule has 0 fully saturated rings. The molecule has 1 rings (SSSR count). The van der Waals surface area contributed by atoms with Gasteiger partial charge in [-0.2, -0.15) is 4.98 Å². The lowest BCUT2D eigenvalue weighted by atomic mass is 10.3. The van der Waals surface area contributed by atoms with Crippen LogP contribution in [-0.2, 0) is 0 Å². The Labute approximate surface area is 65.3 Å². The van der Waals surface area contributed by atoms with Crippen molar-refractivity contribution in [3.63, 3.8) is 0 Å². The lowest BCUT2D eigenvalue weighted by Crippen LogP contribution is -2.01. The van der Waals surface area contributed by atoms with E-state index in [0.29, 0.717) is 11.4 Å². The van der Waals surface area contributed by atoms with Crippen LogP contribution < -0.4 is 5.32 Å². The zero-order valence-electron chi connectivity index (χ0n) is 6.55. The van der Waals surface area contributed by atoms with Gasteiger partial charge in [-0.25, -0.2) is 4.98 Å². The summed E-state index contributed by atoms with van der Waals surface area (Å²) in [5.74, 6) is -0.0423. The summed E-state index contributed by atoms with van der Waals surface area (Å²) >= 11 is 0. The summed E-state index contributed by atoms with van der Waals surface area (Å²) < 4.78 is 0. The molecule has 1 heterocycles. The zero-order chi connectivity index (χ0) is 8.27. The molecule has 59 valence electrons. The van der Waals surface area contributed by atoms with E-state index in [4.69, 9.17) is 0 Å². The van der Waals surface area contributed by atoms with E-state index in [0.717, 1.165) is 6.54 Å². The van der Waals surface area contributed by atoms with Crippen molar-refractivity contribution in [3.05, 3.63) is 12.0 Å². The van der Waals surface area contributed by atoms with Crippen molar-refractivity contribution in [2.45, 2.75) is 13.8 Å². The molecule has 0 bridgehead atoms. The summed E-state index contributed by atoms with van der Waals surface area (Å²) in [5, 5.41) is 12.1. The van der Waals surface area contributed by atoms with Crippen LogP contribution in [0, 0.1) is 13.3 Å². The van der Waals surface area contributed by atoms with E-state index in [-0.39, 0.29) is 5.88 Å². The Hall–Kier alpha value is -1.32. The molecule has 1 aromatic rings. The van der Waals surface area contributed by atoms with Gasteiger partial charge in [0.15, 0.2) is 0 Å². The zero-order valence-corrected chi connectivity index (χ0v) is 6.55. The van der Waals surface area contributed by atoms with Crippen molar-refractivity contribution in [2.24, 2.45) is 0 Å². The number of aryl methyl sites for hydroxylation is 1. The summed E-state index contributed by atoms with van der Waals surface area (Å²) in [7, 11) is 0. The van der Waals surface area contributed by atoms with Crippen molar-refractivity contribution in [3.8, 4) is 5.88 Å². The average molecular weight is 152 g/mol. The Morgan fingerprint density at radius 2 is 2.27 bits per heavy atom. The third-order valence-corrected chi connectivity index (χ3v) is 1.31. The second-order valence-electron chi connectivity index (χ2n) is 2.14. The van der Waals surface area contributed by atoms with Gasteiger partial charge < -0.3 is 10.4 Å². The molecule has 2 N–H and O–H groups in total. The number of rotatable bonds is 2. The number of anilines is 1. The highest BCUT2D eigenvalue weighted by Gasteiger charge is 2.04. The molecule has 0 atom stereocenters. The second-order valence-corrected chi connectivity index (χ2v) is 2.14. The van der Waals surface area contributed by atoms with Gasteiger partial charge in [0.1, 0.15) is 5.69 Å².